The molecule has 4 aromatic rings. The summed E-state index contributed by atoms with van der Waals surface area (Å²) in [5.41, 5.74) is 3.06. The zero-order valence-electron chi connectivity index (χ0n) is 17.9. The average molecular weight is 495 g/mol. The van der Waals surface area contributed by atoms with E-state index in [1.165, 1.54) is 29.7 Å². The van der Waals surface area contributed by atoms with Gasteiger partial charge in [0.15, 0.2) is 11.5 Å². The van der Waals surface area contributed by atoms with Crippen LogP contribution in [-0.4, -0.2) is 29.8 Å². The smallest absolute Gasteiger partial charge is 0.355 e. The molecule has 172 valence electrons. The highest BCUT2D eigenvalue weighted by molar-refractivity contribution is 7.21. The van der Waals surface area contributed by atoms with E-state index < -0.39 is 11.9 Å². The quantitative estimate of drug-likeness (QED) is 0.150. The third-order valence-electron chi connectivity index (χ3n) is 4.72. The monoisotopic (exact) mass is 494 g/mol. The molecule has 0 spiro atoms. The van der Waals surface area contributed by atoms with Gasteiger partial charge in [0.05, 0.1) is 23.4 Å². The predicted octanol–water partition coefficient (Wildman–Crippen LogP) is 5.64. The van der Waals surface area contributed by atoms with Crippen molar-refractivity contribution in [3.05, 3.63) is 87.8 Å². The number of phenolic OH excluding ortho intramolecular Hbond substituents is 1. The summed E-state index contributed by atoms with van der Waals surface area (Å²) >= 11 is 7.65. The van der Waals surface area contributed by atoms with E-state index in [0.29, 0.717) is 27.8 Å². The fourth-order valence-electron chi connectivity index (χ4n) is 3.14. The van der Waals surface area contributed by atoms with Gasteiger partial charge in [0.2, 0.25) is 0 Å². The maximum atomic E-state index is 12.8. The number of amides is 1. The minimum absolute atomic E-state index is 0.108. The first kappa shape index (κ1) is 23.3. The van der Waals surface area contributed by atoms with E-state index in [1.807, 2.05) is 31.2 Å². The van der Waals surface area contributed by atoms with Gasteiger partial charge in [-0.25, -0.2) is 10.2 Å². The van der Waals surface area contributed by atoms with E-state index in [0.717, 1.165) is 10.1 Å². The molecule has 0 aliphatic heterocycles. The van der Waals surface area contributed by atoms with Gasteiger partial charge in [0.25, 0.3) is 5.91 Å². The van der Waals surface area contributed by atoms with Crippen molar-refractivity contribution in [1.29, 1.82) is 0 Å². The molecular weight excluding hydrogens is 476 g/mol. The van der Waals surface area contributed by atoms with E-state index in [2.05, 4.69) is 10.5 Å². The van der Waals surface area contributed by atoms with Gasteiger partial charge in [-0.2, -0.15) is 5.10 Å². The number of thiophene rings is 1. The van der Waals surface area contributed by atoms with E-state index in [9.17, 15) is 14.7 Å². The van der Waals surface area contributed by atoms with Gasteiger partial charge in [-0.15, -0.1) is 11.3 Å². The largest absolute Gasteiger partial charge is 0.507 e. The van der Waals surface area contributed by atoms with Crippen LogP contribution in [0.25, 0.3) is 10.1 Å². The van der Waals surface area contributed by atoms with Crippen LogP contribution in [0.3, 0.4) is 0 Å². The van der Waals surface area contributed by atoms with Gasteiger partial charge in [-0.3, -0.25) is 4.79 Å². The number of halogens is 1. The highest BCUT2D eigenvalue weighted by atomic mass is 35.5. The Bertz CT molecular complexity index is 1400. The van der Waals surface area contributed by atoms with E-state index in [-0.39, 0.29) is 17.1 Å². The van der Waals surface area contributed by atoms with Gasteiger partial charge in [0.1, 0.15) is 10.6 Å². The van der Waals surface area contributed by atoms with Gasteiger partial charge < -0.3 is 14.6 Å². The molecule has 1 amide bonds. The van der Waals surface area contributed by atoms with Crippen LogP contribution in [0.2, 0.25) is 5.02 Å². The highest BCUT2D eigenvalue weighted by Gasteiger charge is 2.20. The third-order valence-corrected chi connectivity index (χ3v) is 6.37. The first-order chi connectivity index (χ1) is 16.5. The molecule has 0 radical (unpaired) electrons. The molecule has 0 unspecified atom stereocenters. The lowest BCUT2D eigenvalue weighted by Gasteiger charge is -2.11. The first-order valence-corrected chi connectivity index (χ1v) is 11.4. The number of nitrogens with one attached hydrogen (secondary N) is 1. The number of para-hydroxylation sites is 1. The Morgan fingerprint density at radius 3 is 2.62 bits per heavy atom. The summed E-state index contributed by atoms with van der Waals surface area (Å²) in [5.74, 6) is -0.702. The highest BCUT2D eigenvalue weighted by Crippen LogP contribution is 2.37. The van der Waals surface area contributed by atoms with Crippen molar-refractivity contribution in [2.45, 2.75) is 6.92 Å². The second-order valence-electron chi connectivity index (χ2n) is 6.99. The van der Waals surface area contributed by atoms with Gasteiger partial charge >= 0.3 is 5.97 Å². The molecule has 0 saturated heterocycles. The second-order valence-corrected chi connectivity index (χ2v) is 8.42. The number of hydrazone groups is 1. The molecule has 0 aliphatic rings. The Morgan fingerprint density at radius 1 is 1.09 bits per heavy atom. The van der Waals surface area contributed by atoms with Crippen LogP contribution in [0.1, 0.15) is 32.5 Å². The fourth-order valence-corrected chi connectivity index (χ4v) is 4.53. The lowest BCUT2D eigenvalue weighted by Crippen LogP contribution is -2.17. The van der Waals surface area contributed by atoms with Crippen LogP contribution < -0.4 is 14.9 Å². The molecule has 0 fully saturated rings. The molecule has 0 aliphatic carbocycles. The fraction of sp³-hybridized carbons (Fsp3) is 0.0800. The Kier molecular flexibility index (Phi) is 7.10. The summed E-state index contributed by atoms with van der Waals surface area (Å²) in [4.78, 5) is 25.3. The van der Waals surface area contributed by atoms with Crippen LogP contribution in [0.5, 0.6) is 17.2 Å². The Morgan fingerprint density at radius 2 is 1.85 bits per heavy atom. The Balaban J connectivity index is 1.50. The molecule has 7 nitrogen and oxygen atoms in total. The van der Waals surface area contributed by atoms with Gasteiger partial charge in [-0.1, -0.05) is 41.9 Å². The summed E-state index contributed by atoms with van der Waals surface area (Å²) in [6.45, 7) is 2.15. The number of aromatic hydroxyl groups is 1. The number of fused-ring (bicyclic) bond motifs is 1. The van der Waals surface area contributed by atoms with Crippen molar-refractivity contribution in [3.63, 3.8) is 0 Å². The third kappa shape index (κ3) is 5.03. The number of phenols is 1. The van der Waals surface area contributed by atoms with Crippen LogP contribution in [-0.2, 0) is 0 Å². The minimum atomic E-state index is -0.580. The zero-order chi connectivity index (χ0) is 24.1. The summed E-state index contributed by atoms with van der Waals surface area (Å²) in [5, 5.41) is 14.8. The number of rotatable bonds is 7. The second kappa shape index (κ2) is 10.4. The maximum Gasteiger partial charge on any atom is 0.355 e. The molecule has 1 heterocycles. The zero-order valence-corrected chi connectivity index (χ0v) is 19.5. The van der Waals surface area contributed by atoms with Gasteiger partial charge in [-0.05, 0) is 48.9 Å². The van der Waals surface area contributed by atoms with Crippen molar-refractivity contribution in [3.8, 4) is 17.2 Å². The van der Waals surface area contributed by atoms with E-state index in [4.69, 9.17) is 21.1 Å². The molecule has 34 heavy (non-hydrogen) atoms. The minimum Gasteiger partial charge on any atom is -0.507 e. The van der Waals surface area contributed by atoms with Gasteiger partial charge in [0, 0.05) is 10.1 Å². The number of nitrogens with zero attached hydrogens (tertiary/aromatic N) is 1. The molecule has 0 atom stereocenters. The van der Waals surface area contributed by atoms with E-state index in [1.54, 1.807) is 30.3 Å². The summed E-state index contributed by atoms with van der Waals surface area (Å²) in [6.07, 6.45) is 1.41. The molecule has 1 aromatic heterocycles. The Hall–Kier alpha value is -3.88. The number of hydrogen-bond acceptors (Lipinski definition) is 7. The number of carbonyl (C=O) groups is 2. The summed E-state index contributed by atoms with van der Waals surface area (Å²) in [6, 6.07) is 18.5. The maximum absolute atomic E-state index is 12.8. The van der Waals surface area contributed by atoms with Crippen molar-refractivity contribution in [2.24, 2.45) is 5.10 Å². The number of ether oxygens (including phenoxy) is 2. The topological polar surface area (TPSA) is 97.2 Å². The average Bonchev–Trinajstić information content (AvgIpc) is 3.18. The van der Waals surface area contributed by atoms with Crippen LogP contribution in [0.4, 0.5) is 0 Å². The van der Waals surface area contributed by atoms with Crippen molar-refractivity contribution in [2.75, 3.05) is 6.61 Å². The molecule has 0 saturated carbocycles. The summed E-state index contributed by atoms with van der Waals surface area (Å²) in [7, 11) is 0. The van der Waals surface area contributed by atoms with Crippen LogP contribution >= 0.6 is 22.9 Å². The molecule has 0 bridgehead atoms. The number of benzene rings is 3. The van der Waals surface area contributed by atoms with Crippen molar-refractivity contribution in [1.82, 2.24) is 5.43 Å². The molecular formula is C25H19ClN2O5S. The van der Waals surface area contributed by atoms with Crippen molar-refractivity contribution < 1.29 is 24.2 Å². The normalized spacial score (nSPS) is 11.0. The number of esters is 1. The molecule has 9 heteroatoms. The van der Waals surface area contributed by atoms with E-state index >= 15 is 0 Å². The molecule has 3 aromatic carbocycles. The SMILES string of the molecule is CCOc1cc(/C=N\NC(=O)c2ccccc2O)ccc1OC(=O)c1sc2ccccc2c1Cl. The van der Waals surface area contributed by atoms with Crippen molar-refractivity contribution >= 4 is 51.1 Å². The van der Waals surface area contributed by atoms with Crippen LogP contribution in [0, 0.1) is 0 Å². The standard InChI is InChI=1S/C25H19ClN2O5S/c1-2-32-20-13-15(14-27-28-24(30)16-7-3-5-9-18(16)29)11-12-19(20)33-25(31)23-22(26)17-8-4-6-10-21(17)34-23/h3-14,29H,2H2,1H3,(H,28,30)/b27-14-. The first-order valence-electron chi connectivity index (χ1n) is 10.3. The predicted molar refractivity (Wildman–Crippen MR) is 133 cm³/mol. The Labute approximate surface area is 204 Å². The summed E-state index contributed by atoms with van der Waals surface area (Å²) < 4.78 is 12.1. The lowest BCUT2D eigenvalue weighted by atomic mass is 10.2. The molecule has 2 N–H and O–H groups in total. The lowest BCUT2D eigenvalue weighted by molar-refractivity contribution is 0.0733. The number of hydrogen-bond donors (Lipinski definition) is 2. The molecule has 4 rings (SSSR count). The van der Waals surface area contributed by atoms with Crippen LogP contribution in [0.15, 0.2) is 71.8 Å². The number of carbonyl (C=O) groups excluding carboxylic acids is 2.